The molecule has 2 heteroatoms. The van der Waals surface area contributed by atoms with Gasteiger partial charge in [0.2, 0.25) is 0 Å². The van der Waals surface area contributed by atoms with Gasteiger partial charge in [0.25, 0.3) is 0 Å². The molecule has 2 nitrogen and oxygen atoms in total. The van der Waals surface area contributed by atoms with Crippen molar-refractivity contribution in [3.63, 3.8) is 0 Å². The van der Waals surface area contributed by atoms with Crippen LogP contribution in [0.3, 0.4) is 0 Å². The summed E-state index contributed by atoms with van der Waals surface area (Å²) < 4.78 is 0. The topological polar surface area (TPSA) is 32.3 Å². The standard InChI is InChI=1S/C18H23NO/c1-14-8-10-16(11-9-14)12-15(2)19-13-18(20)17-6-4-3-5-7-17/h3-11,15,18-20H,12-13H2,1-2H3/t15-,18-/m0/s1. The third-order valence-electron chi connectivity index (χ3n) is 3.51. The van der Waals surface area contributed by atoms with Gasteiger partial charge < -0.3 is 10.4 Å². The van der Waals surface area contributed by atoms with E-state index in [1.165, 1.54) is 11.1 Å². The maximum Gasteiger partial charge on any atom is 0.0914 e. The van der Waals surface area contributed by atoms with Gasteiger partial charge in [-0.15, -0.1) is 0 Å². The van der Waals surface area contributed by atoms with E-state index in [4.69, 9.17) is 0 Å². The number of hydrogen-bond acceptors (Lipinski definition) is 2. The molecule has 2 rings (SSSR count). The third kappa shape index (κ3) is 4.48. The first-order valence-electron chi connectivity index (χ1n) is 7.17. The summed E-state index contributed by atoms with van der Waals surface area (Å²) in [6, 6.07) is 18.7. The second-order valence-corrected chi connectivity index (χ2v) is 5.43. The highest BCUT2D eigenvalue weighted by atomic mass is 16.3. The highest BCUT2D eigenvalue weighted by molar-refractivity contribution is 5.22. The van der Waals surface area contributed by atoms with Crippen molar-refractivity contribution < 1.29 is 5.11 Å². The van der Waals surface area contributed by atoms with E-state index in [1.807, 2.05) is 30.3 Å². The van der Waals surface area contributed by atoms with E-state index >= 15 is 0 Å². The maximum absolute atomic E-state index is 10.1. The average molecular weight is 269 g/mol. The molecule has 0 heterocycles. The lowest BCUT2D eigenvalue weighted by molar-refractivity contribution is 0.170. The Balaban J connectivity index is 1.80. The molecule has 20 heavy (non-hydrogen) atoms. The van der Waals surface area contributed by atoms with Gasteiger partial charge in [-0.1, -0.05) is 60.2 Å². The minimum absolute atomic E-state index is 0.344. The van der Waals surface area contributed by atoms with Crippen molar-refractivity contribution in [2.75, 3.05) is 6.54 Å². The Labute approximate surface area is 121 Å². The van der Waals surface area contributed by atoms with Gasteiger partial charge in [-0.25, -0.2) is 0 Å². The molecule has 0 aliphatic carbocycles. The lowest BCUT2D eigenvalue weighted by Gasteiger charge is -2.17. The van der Waals surface area contributed by atoms with Crippen LogP contribution >= 0.6 is 0 Å². The fourth-order valence-corrected chi connectivity index (χ4v) is 2.26. The summed E-state index contributed by atoms with van der Waals surface area (Å²) in [6.07, 6.45) is 0.526. The van der Waals surface area contributed by atoms with Crippen molar-refractivity contribution >= 4 is 0 Å². The quantitative estimate of drug-likeness (QED) is 0.843. The lowest BCUT2D eigenvalue weighted by atomic mass is 10.0. The smallest absolute Gasteiger partial charge is 0.0914 e. The number of nitrogens with one attached hydrogen (secondary N) is 1. The average Bonchev–Trinajstić information content (AvgIpc) is 2.48. The minimum atomic E-state index is -0.448. The van der Waals surface area contributed by atoms with E-state index in [9.17, 15) is 5.11 Å². The largest absolute Gasteiger partial charge is 0.387 e. The number of hydrogen-bond donors (Lipinski definition) is 2. The van der Waals surface area contributed by atoms with Crippen LogP contribution in [0, 0.1) is 6.92 Å². The van der Waals surface area contributed by atoms with E-state index < -0.39 is 6.10 Å². The van der Waals surface area contributed by atoms with E-state index in [1.54, 1.807) is 0 Å². The summed E-state index contributed by atoms with van der Waals surface area (Å²) in [5.74, 6) is 0. The zero-order chi connectivity index (χ0) is 14.4. The Kier molecular flexibility index (Phi) is 5.33. The molecule has 0 aliphatic rings. The van der Waals surface area contributed by atoms with Crippen LogP contribution in [0.4, 0.5) is 0 Å². The van der Waals surface area contributed by atoms with Crippen LogP contribution in [0.2, 0.25) is 0 Å². The first-order chi connectivity index (χ1) is 9.65. The van der Waals surface area contributed by atoms with Crippen molar-refractivity contribution in [1.29, 1.82) is 0 Å². The van der Waals surface area contributed by atoms with E-state index in [2.05, 4.69) is 43.4 Å². The fraction of sp³-hybridized carbons (Fsp3) is 0.333. The van der Waals surface area contributed by atoms with Crippen LogP contribution in [0.1, 0.15) is 29.7 Å². The third-order valence-corrected chi connectivity index (χ3v) is 3.51. The van der Waals surface area contributed by atoms with Crippen molar-refractivity contribution in [2.45, 2.75) is 32.4 Å². The predicted molar refractivity (Wildman–Crippen MR) is 83.7 cm³/mol. The summed E-state index contributed by atoms with van der Waals surface area (Å²) in [5.41, 5.74) is 3.57. The van der Waals surface area contributed by atoms with Gasteiger partial charge in [0, 0.05) is 12.6 Å². The second-order valence-electron chi connectivity index (χ2n) is 5.43. The molecule has 0 spiro atoms. The Morgan fingerprint density at radius 3 is 2.30 bits per heavy atom. The molecule has 2 N–H and O–H groups in total. The highest BCUT2D eigenvalue weighted by Gasteiger charge is 2.09. The van der Waals surface area contributed by atoms with Crippen molar-refractivity contribution in [2.24, 2.45) is 0 Å². The van der Waals surface area contributed by atoms with Crippen molar-refractivity contribution in [3.05, 3.63) is 71.3 Å². The minimum Gasteiger partial charge on any atom is -0.387 e. The molecule has 2 aromatic carbocycles. The number of aryl methyl sites for hydroxylation is 1. The molecule has 2 aromatic rings. The van der Waals surface area contributed by atoms with Gasteiger partial charge in [0.1, 0.15) is 0 Å². The van der Waals surface area contributed by atoms with Crippen LogP contribution in [0.15, 0.2) is 54.6 Å². The van der Waals surface area contributed by atoms with Crippen LogP contribution in [0.5, 0.6) is 0 Å². The molecule has 0 fully saturated rings. The summed E-state index contributed by atoms with van der Waals surface area (Å²) in [4.78, 5) is 0. The molecule has 106 valence electrons. The Morgan fingerprint density at radius 2 is 1.65 bits per heavy atom. The predicted octanol–water partition coefficient (Wildman–Crippen LogP) is 3.25. The molecule has 2 atom stereocenters. The van der Waals surface area contributed by atoms with Crippen LogP contribution < -0.4 is 5.32 Å². The highest BCUT2D eigenvalue weighted by Crippen LogP contribution is 2.11. The van der Waals surface area contributed by atoms with Crippen LogP contribution in [-0.2, 0) is 6.42 Å². The van der Waals surface area contributed by atoms with Gasteiger partial charge in [-0.3, -0.25) is 0 Å². The summed E-state index contributed by atoms with van der Waals surface area (Å²) >= 11 is 0. The number of aliphatic hydroxyl groups excluding tert-OH is 1. The van der Waals surface area contributed by atoms with Gasteiger partial charge in [-0.2, -0.15) is 0 Å². The summed E-state index contributed by atoms with van der Waals surface area (Å²) in [5, 5.41) is 13.5. The van der Waals surface area contributed by atoms with Gasteiger partial charge in [0.15, 0.2) is 0 Å². The van der Waals surface area contributed by atoms with Crippen LogP contribution in [-0.4, -0.2) is 17.7 Å². The van der Waals surface area contributed by atoms with E-state index in [0.717, 1.165) is 12.0 Å². The Morgan fingerprint density at radius 1 is 1.00 bits per heavy atom. The van der Waals surface area contributed by atoms with Gasteiger partial charge in [-0.05, 0) is 31.4 Å². The maximum atomic E-state index is 10.1. The van der Waals surface area contributed by atoms with Gasteiger partial charge in [0.05, 0.1) is 6.10 Å². The number of rotatable bonds is 6. The Bertz CT molecular complexity index is 507. The molecule has 0 amide bonds. The molecule has 0 radical (unpaired) electrons. The molecule has 0 aliphatic heterocycles. The van der Waals surface area contributed by atoms with Crippen molar-refractivity contribution in [1.82, 2.24) is 5.32 Å². The monoisotopic (exact) mass is 269 g/mol. The molecule has 0 bridgehead atoms. The first kappa shape index (κ1) is 14.8. The van der Waals surface area contributed by atoms with E-state index in [-0.39, 0.29) is 0 Å². The molecule has 0 aromatic heterocycles. The molecule has 0 saturated carbocycles. The normalized spacial score (nSPS) is 13.9. The molecular formula is C18H23NO. The molecule has 0 unspecified atom stereocenters. The molecule has 0 saturated heterocycles. The SMILES string of the molecule is Cc1ccc(C[C@H](C)NC[C@H](O)c2ccccc2)cc1. The summed E-state index contributed by atoms with van der Waals surface area (Å²) in [7, 11) is 0. The summed E-state index contributed by atoms with van der Waals surface area (Å²) in [6.45, 7) is 4.83. The number of aliphatic hydroxyl groups is 1. The zero-order valence-electron chi connectivity index (χ0n) is 12.2. The number of benzene rings is 2. The first-order valence-corrected chi connectivity index (χ1v) is 7.17. The second kappa shape index (κ2) is 7.22. The zero-order valence-corrected chi connectivity index (χ0v) is 12.2. The molecular weight excluding hydrogens is 246 g/mol. The van der Waals surface area contributed by atoms with E-state index in [0.29, 0.717) is 12.6 Å². The van der Waals surface area contributed by atoms with Crippen molar-refractivity contribution in [3.8, 4) is 0 Å². The fourth-order valence-electron chi connectivity index (χ4n) is 2.26. The Hall–Kier alpha value is -1.64. The van der Waals surface area contributed by atoms with Crippen LogP contribution in [0.25, 0.3) is 0 Å². The van der Waals surface area contributed by atoms with Gasteiger partial charge >= 0.3 is 0 Å². The lowest BCUT2D eigenvalue weighted by Crippen LogP contribution is -2.32.